The zero-order valence-corrected chi connectivity index (χ0v) is 10.8. The van der Waals surface area contributed by atoms with E-state index in [9.17, 15) is 0 Å². The lowest BCUT2D eigenvalue weighted by molar-refractivity contribution is 0.500. The average molecular weight is 232 g/mol. The normalized spacial score (nSPS) is 21.6. The number of nitrogens with two attached hydrogens (primary N) is 1. The fraction of sp³-hybridized carbons (Fsp3) is 0.600. The van der Waals surface area contributed by atoms with Crippen LogP contribution in [0, 0.1) is 0 Å². The van der Waals surface area contributed by atoms with Crippen molar-refractivity contribution >= 4 is 0 Å². The molecule has 0 aromatic heterocycles. The Labute approximate surface area is 105 Å². The van der Waals surface area contributed by atoms with Crippen LogP contribution in [0.25, 0.3) is 0 Å². The Morgan fingerprint density at radius 3 is 2.71 bits per heavy atom. The molecule has 2 rings (SSSR count). The Morgan fingerprint density at radius 1 is 1.35 bits per heavy atom. The Hall–Kier alpha value is -0.860. The van der Waals surface area contributed by atoms with Crippen LogP contribution >= 0.6 is 0 Å². The predicted molar refractivity (Wildman–Crippen MR) is 73.0 cm³/mol. The summed E-state index contributed by atoms with van der Waals surface area (Å²) in [5.74, 6) is 0. The summed E-state index contributed by atoms with van der Waals surface area (Å²) >= 11 is 0. The van der Waals surface area contributed by atoms with Gasteiger partial charge in [-0.15, -0.1) is 0 Å². The first-order chi connectivity index (χ1) is 8.31. The van der Waals surface area contributed by atoms with Crippen LogP contribution in [-0.2, 0) is 6.42 Å². The standard InChI is InChI=1S/C15H24N2/c1-2-3-5-12-7-9-13(10-8-12)15(16)14-6-4-11-17-14/h7-10,14-15,17H,2-6,11,16H2,1H3. The van der Waals surface area contributed by atoms with Gasteiger partial charge in [0.2, 0.25) is 0 Å². The maximum atomic E-state index is 6.29. The van der Waals surface area contributed by atoms with E-state index in [-0.39, 0.29) is 6.04 Å². The minimum Gasteiger partial charge on any atom is -0.323 e. The van der Waals surface area contributed by atoms with Gasteiger partial charge in [0.1, 0.15) is 0 Å². The zero-order valence-electron chi connectivity index (χ0n) is 10.8. The van der Waals surface area contributed by atoms with Crippen molar-refractivity contribution in [2.24, 2.45) is 5.73 Å². The summed E-state index contributed by atoms with van der Waals surface area (Å²) in [7, 11) is 0. The van der Waals surface area contributed by atoms with E-state index in [0.29, 0.717) is 6.04 Å². The largest absolute Gasteiger partial charge is 0.323 e. The molecule has 1 aliphatic heterocycles. The molecular weight excluding hydrogens is 208 g/mol. The van der Waals surface area contributed by atoms with Gasteiger partial charge in [0.05, 0.1) is 0 Å². The van der Waals surface area contributed by atoms with E-state index in [2.05, 4.69) is 36.5 Å². The van der Waals surface area contributed by atoms with E-state index >= 15 is 0 Å². The van der Waals surface area contributed by atoms with Crippen LogP contribution in [0.2, 0.25) is 0 Å². The molecule has 1 heterocycles. The monoisotopic (exact) mass is 232 g/mol. The summed E-state index contributed by atoms with van der Waals surface area (Å²) in [6.45, 7) is 3.35. The molecule has 3 N–H and O–H groups in total. The molecule has 0 amide bonds. The number of unbranched alkanes of at least 4 members (excludes halogenated alkanes) is 1. The third kappa shape index (κ3) is 3.30. The molecule has 0 bridgehead atoms. The van der Waals surface area contributed by atoms with Crippen molar-refractivity contribution in [3.8, 4) is 0 Å². The fourth-order valence-corrected chi connectivity index (χ4v) is 2.54. The summed E-state index contributed by atoms with van der Waals surface area (Å²) in [6.07, 6.45) is 6.18. The molecule has 0 spiro atoms. The van der Waals surface area contributed by atoms with Crippen LogP contribution in [0.15, 0.2) is 24.3 Å². The van der Waals surface area contributed by atoms with Crippen LogP contribution in [0.1, 0.15) is 49.8 Å². The lowest BCUT2D eigenvalue weighted by atomic mass is 9.97. The molecule has 0 radical (unpaired) electrons. The third-order valence-corrected chi connectivity index (χ3v) is 3.72. The molecule has 0 aliphatic carbocycles. The number of hydrogen-bond donors (Lipinski definition) is 2. The van der Waals surface area contributed by atoms with Crippen molar-refractivity contribution in [1.82, 2.24) is 5.32 Å². The van der Waals surface area contributed by atoms with Crippen LogP contribution in [0.5, 0.6) is 0 Å². The molecule has 1 aromatic carbocycles. The highest BCUT2D eigenvalue weighted by molar-refractivity contribution is 5.26. The highest BCUT2D eigenvalue weighted by Crippen LogP contribution is 2.21. The maximum absolute atomic E-state index is 6.29. The number of nitrogens with one attached hydrogen (secondary N) is 1. The van der Waals surface area contributed by atoms with Crippen LogP contribution in [-0.4, -0.2) is 12.6 Å². The smallest absolute Gasteiger partial charge is 0.0450 e. The van der Waals surface area contributed by atoms with Gasteiger partial charge in [-0.1, -0.05) is 37.6 Å². The van der Waals surface area contributed by atoms with Crippen molar-refractivity contribution in [3.63, 3.8) is 0 Å². The molecule has 94 valence electrons. The number of rotatable bonds is 5. The molecule has 2 nitrogen and oxygen atoms in total. The van der Waals surface area contributed by atoms with Gasteiger partial charge in [-0.25, -0.2) is 0 Å². The second kappa shape index (κ2) is 6.18. The van der Waals surface area contributed by atoms with E-state index in [1.165, 1.54) is 43.2 Å². The predicted octanol–water partition coefficient (Wildman–Crippen LogP) is 2.78. The summed E-state index contributed by atoms with van der Waals surface area (Å²) < 4.78 is 0. The van der Waals surface area contributed by atoms with Crippen LogP contribution in [0.3, 0.4) is 0 Å². The quantitative estimate of drug-likeness (QED) is 0.819. The molecule has 2 heteroatoms. The number of aryl methyl sites for hydroxylation is 1. The van der Waals surface area contributed by atoms with E-state index in [4.69, 9.17) is 5.73 Å². The Kier molecular flexibility index (Phi) is 4.57. The molecule has 17 heavy (non-hydrogen) atoms. The summed E-state index contributed by atoms with van der Waals surface area (Å²) in [5, 5.41) is 3.48. The number of hydrogen-bond acceptors (Lipinski definition) is 2. The van der Waals surface area contributed by atoms with E-state index in [1.807, 2.05) is 0 Å². The SMILES string of the molecule is CCCCc1ccc(C(N)C2CCCN2)cc1. The second-order valence-corrected chi connectivity index (χ2v) is 5.07. The topological polar surface area (TPSA) is 38.0 Å². The lowest BCUT2D eigenvalue weighted by Gasteiger charge is -2.20. The first kappa shape index (κ1) is 12.6. The van der Waals surface area contributed by atoms with Gasteiger partial charge < -0.3 is 11.1 Å². The van der Waals surface area contributed by atoms with Crippen molar-refractivity contribution in [2.75, 3.05) is 6.54 Å². The summed E-state index contributed by atoms with van der Waals surface area (Å²) in [5.41, 5.74) is 8.99. The Bertz CT molecular complexity index is 325. The van der Waals surface area contributed by atoms with Gasteiger partial charge in [0, 0.05) is 12.1 Å². The second-order valence-electron chi connectivity index (χ2n) is 5.07. The molecule has 1 aromatic rings. The molecule has 1 fully saturated rings. The van der Waals surface area contributed by atoms with Gasteiger partial charge in [-0.3, -0.25) is 0 Å². The minimum absolute atomic E-state index is 0.151. The zero-order chi connectivity index (χ0) is 12.1. The van der Waals surface area contributed by atoms with E-state index in [1.54, 1.807) is 0 Å². The lowest BCUT2D eigenvalue weighted by Crippen LogP contribution is -2.34. The minimum atomic E-state index is 0.151. The molecule has 1 saturated heterocycles. The van der Waals surface area contributed by atoms with Crippen molar-refractivity contribution in [2.45, 2.75) is 51.1 Å². The van der Waals surface area contributed by atoms with Gasteiger partial charge >= 0.3 is 0 Å². The molecule has 0 saturated carbocycles. The van der Waals surface area contributed by atoms with Crippen molar-refractivity contribution in [3.05, 3.63) is 35.4 Å². The first-order valence-corrected chi connectivity index (χ1v) is 6.89. The first-order valence-electron chi connectivity index (χ1n) is 6.89. The van der Waals surface area contributed by atoms with Gasteiger partial charge in [0.15, 0.2) is 0 Å². The van der Waals surface area contributed by atoms with Crippen LogP contribution in [0.4, 0.5) is 0 Å². The van der Waals surface area contributed by atoms with E-state index < -0.39 is 0 Å². The average Bonchev–Trinajstić information content (AvgIpc) is 2.90. The maximum Gasteiger partial charge on any atom is 0.0450 e. The Morgan fingerprint density at radius 2 is 2.12 bits per heavy atom. The molecular formula is C15H24N2. The Balaban J connectivity index is 1.96. The van der Waals surface area contributed by atoms with Gasteiger partial charge in [-0.05, 0) is 43.4 Å². The van der Waals surface area contributed by atoms with E-state index in [0.717, 1.165) is 6.54 Å². The summed E-state index contributed by atoms with van der Waals surface area (Å²) in [4.78, 5) is 0. The van der Waals surface area contributed by atoms with Crippen LogP contribution < -0.4 is 11.1 Å². The summed E-state index contributed by atoms with van der Waals surface area (Å²) in [6, 6.07) is 9.50. The molecule has 2 atom stereocenters. The number of benzene rings is 1. The molecule has 1 aliphatic rings. The van der Waals surface area contributed by atoms with Crippen molar-refractivity contribution < 1.29 is 0 Å². The fourth-order valence-electron chi connectivity index (χ4n) is 2.54. The highest BCUT2D eigenvalue weighted by Gasteiger charge is 2.22. The molecule has 2 unspecified atom stereocenters. The van der Waals surface area contributed by atoms with Crippen molar-refractivity contribution in [1.29, 1.82) is 0 Å². The van der Waals surface area contributed by atoms with Gasteiger partial charge in [-0.2, -0.15) is 0 Å². The van der Waals surface area contributed by atoms with Gasteiger partial charge in [0.25, 0.3) is 0 Å². The highest BCUT2D eigenvalue weighted by atomic mass is 15.0. The third-order valence-electron chi connectivity index (χ3n) is 3.72.